The summed E-state index contributed by atoms with van der Waals surface area (Å²) in [6.07, 6.45) is 2.60. The van der Waals surface area contributed by atoms with Crippen LogP contribution in [0.4, 0.5) is 5.95 Å². The van der Waals surface area contributed by atoms with Crippen LogP contribution in [0.2, 0.25) is 5.02 Å². The Kier molecular flexibility index (Phi) is 4.90. The van der Waals surface area contributed by atoms with E-state index in [1.54, 1.807) is 18.9 Å². The Hall–Kier alpha value is -3.32. The highest BCUT2D eigenvalue weighted by Gasteiger charge is 2.39. The normalized spacial score (nSPS) is 20.0. The van der Waals surface area contributed by atoms with Crippen LogP contribution in [0, 0.1) is 0 Å². The molecule has 0 radical (unpaired) electrons. The molecule has 158 valence electrons. The molecule has 2 aliphatic rings. The van der Waals surface area contributed by atoms with Crippen LogP contribution in [0.3, 0.4) is 0 Å². The molecule has 5 rings (SSSR count). The second-order valence-corrected chi connectivity index (χ2v) is 8.08. The summed E-state index contributed by atoms with van der Waals surface area (Å²) in [5, 5.41) is 8.40. The average molecular weight is 437 g/mol. The van der Waals surface area contributed by atoms with Crippen molar-refractivity contribution in [3.63, 3.8) is 0 Å². The molecule has 8 heteroatoms. The van der Waals surface area contributed by atoms with Crippen molar-refractivity contribution in [3.05, 3.63) is 76.2 Å². The first kappa shape index (κ1) is 19.6. The lowest BCUT2D eigenvalue weighted by atomic mass is 9.78. The zero-order chi connectivity index (χ0) is 21.5. The van der Waals surface area contributed by atoms with Crippen molar-refractivity contribution in [2.45, 2.75) is 24.8 Å². The number of anilines is 1. The minimum Gasteiger partial charge on any atom is -0.493 e. The van der Waals surface area contributed by atoms with E-state index in [9.17, 15) is 4.79 Å². The third kappa shape index (κ3) is 3.35. The molecule has 31 heavy (non-hydrogen) atoms. The molecule has 2 heterocycles. The molecular weight excluding hydrogens is 416 g/mol. The van der Waals surface area contributed by atoms with Gasteiger partial charge in [-0.3, -0.25) is 4.79 Å². The highest BCUT2D eigenvalue weighted by molar-refractivity contribution is 6.30. The van der Waals surface area contributed by atoms with E-state index < -0.39 is 0 Å². The van der Waals surface area contributed by atoms with E-state index in [0.29, 0.717) is 40.9 Å². The zero-order valence-electron chi connectivity index (χ0n) is 17.1. The summed E-state index contributed by atoms with van der Waals surface area (Å²) in [5.41, 5.74) is 3.53. The van der Waals surface area contributed by atoms with Crippen molar-refractivity contribution in [1.29, 1.82) is 0 Å². The average Bonchev–Trinajstić information content (AvgIpc) is 3.25. The van der Waals surface area contributed by atoms with Gasteiger partial charge in [-0.15, -0.1) is 0 Å². The quantitative estimate of drug-likeness (QED) is 0.654. The molecule has 1 aliphatic carbocycles. The number of Topliss-reactive ketones (excluding diaryl/α,β-unsaturated/α-hetero) is 1. The van der Waals surface area contributed by atoms with Gasteiger partial charge in [0, 0.05) is 22.7 Å². The van der Waals surface area contributed by atoms with Crippen molar-refractivity contribution >= 4 is 23.3 Å². The number of nitrogens with zero attached hydrogens (tertiary/aromatic N) is 3. The number of allylic oxidation sites excluding steroid dienone is 2. The first-order valence-corrected chi connectivity index (χ1v) is 10.4. The number of nitrogens with one attached hydrogen (secondary N) is 1. The largest absolute Gasteiger partial charge is 0.493 e. The molecule has 0 spiro atoms. The second-order valence-electron chi connectivity index (χ2n) is 7.65. The number of methoxy groups -OCH3 is 2. The van der Waals surface area contributed by atoms with Gasteiger partial charge in [0.15, 0.2) is 17.3 Å². The Morgan fingerprint density at radius 2 is 1.90 bits per heavy atom. The lowest BCUT2D eigenvalue weighted by Gasteiger charge is -2.35. The van der Waals surface area contributed by atoms with Gasteiger partial charge in [-0.1, -0.05) is 29.8 Å². The maximum Gasteiger partial charge on any atom is 0.226 e. The lowest BCUT2D eigenvalue weighted by molar-refractivity contribution is -0.116. The number of halogens is 1. The van der Waals surface area contributed by atoms with E-state index in [1.165, 1.54) is 6.33 Å². The summed E-state index contributed by atoms with van der Waals surface area (Å²) < 4.78 is 12.6. The number of hydrogen-bond donors (Lipinski definition) is 1. The van der Waals surface area contributed by atoms with Crippen LogP contribution < -0.4 is 14.8 Å². The molecule has 0 saturated heterocycles. The SMILES string of the molecule is COc1ccc([C@@H]2C3=C(C[C@H](c4cccc(Cl)c4)CC3=O)Nc3ncnn32)cc1OC. The second kappa shape index (κ2) is 7.74. The fraction of sp³-hybridized carbons (Fsp3) is 0.261. The van der Waals surface area contributed by atoms with Crippen LogP contribution in [-0.2, 0) is 4.79 Å². The van der Waals surface area contributed by atoms with E-state index in [1.807, 2.05) is 42.5 Å². The molecule has 0 saturated carbocycles. The summed E-state index contributed by atoms with van der Waals surface area (Å²) in [5.74, 6) is 1.97. The third-order valence-corrected chi connectivity index (χ3v) is 6.14. The first-order chi connectivity index (χ1) is 15.1. The van der Waals surface area contributed by atoms with Gasteiger partial charge in [-0.2, -0.15) is 10.1 Å². The molecule has 1 aromatic heterocycles. The molecular formula is C23H21ClN4O3. The monoisotopic (exact) mass is 436 g/mol. The summed E-state index contributed by atoms with van der Waals surface area (Å²) in [6.45, 7) is 0. The van der Waals surface area contributed by atoms with Gasteiger partial charge < -0.3 is 14.8 Å². The minimum atomic E-state index is -0.388. The van der Waals surface area contributed by atoms with Gasteiger partial charge >= 0.3 is 0 Å². The predicted molar refractivity (Wildman–Crippen MR) is 117 cm³/mol. The highest BCUT2D eigenvalue weighted by atomic mass is 35.5. The molecule has 0 unspecified atom stereocenters. The van der Waals surface area contributed by atoms with Gasteiger partial charge in [-0.05, 0) is 47.7 Å². The maximum absolute atomic E-state index is 13.4. The molecule has 1 N–H and O–H groups in total. The van der Waals surface area contributed by atoms with Crippen LogP contribution in [-0.4, -0.2) is 34.8 Å². The number of aromatic nitrogens is 3. The summed E-state index contributed by atoms with van der Waals surface area (Å²) >= 11 is 6.19. The van der Waals surface area contributed by atoms with E-state index in [4.69, 9.17) is 21.1 Å². The molecule has 2 aromatic carbocycles. The molecule has 7 nitrogen and oxygen atoms in total. The number of carbonyl (C=O) groups is 1. The number of fused-ring (bicyclic) bond motifs is 1. The predicted octanol–water partition coefficient (Wildman–Crippen LogP) is 4.36. The summed E-state index contributed by atoms with van der Waals surface area (Å²) in [6, 6.07) is 13.0. The fourth-order valence-electron chi connectivity index (χ4n) is 4.48. The Morgan fingerprint density at radius 1 is 1.06 bits per heavy atom. The molecule has 0 amide bonds. The minimum absolute atomic E-state index is 0.0537. The van der Waals surface area contributed by atoms with Crippen LogP contribution in [0.25, 0.3) is 0 Å². The smallest absolute Gasteiger partial charge is 0.226 e. The van der Waals surface area contributed by atoms with Gasteiger partial charge in [-0.25, -0.2) is 4.68 Å². The van der Waals surface area contributed by atoms with Crippen LogP contribution in [0.15, 0.2) is 60.1 Å². The van der Waals surface area contributed by atoms with Gasteiger partial charge in [0.25, 0.3) is 0 Å². The third-order valence-electron chi connectivity index (χ3n) is 5.91. The number of ether oxygens (including phenoxy) is 2. The van der Waals surface area contributed by atoms with Crippen molar-refractivity contribution in [2.75, 3.05) is 19.5 Å². The van der Waals surface area contributed by atoms with Crippen molar-refractivity contribution in [1.82, 2.24) is 14.8 Å². The van der Waals surface area contributed by atoms with E-state index >= 15 is 0 Å². The Balaban J connectivity index is 1.60. The molecule has 3 aromatic rings. The summed E-state index contributed by atoms with van der Waals surface area (Å²) in [7, 11) is 3.19. The van der Waals surface area contributed by atoms with Crippen molar-refractivity contribution < 1.29 is 14.3 Å². The summed E-state index contributed by atoms with van der Waals surface area (Å²) in [4.78, 5) is 17.8. The van der Waals surface area contributed by atoms with Crippen LogP contribution >= 0.6 is 11.6 Å². The fourth-order valence-corrected chi connectivity index (χ4v) is 4.68. The molecule has 1 aliphatic heterocycles. The number of carbonyl (C=O) groups excluding carboxylic acids is 1. The lowest BCUT2D eigenvalue weighted by Crippen LogP contribution is -2.33. The Labute approximate surface area is 184 Å². The van der Waals surface area contributed by atoms with Crippen LogP contribution in [0.5, 0.6) is 11.5 Å². The highest BCUT2D eigenvalue weighted by Crippen LogP contribution is 2.45. The Bertz CT molecular complexity index is 1200. The first-order valence-electron chi connectivity index (χ1n) is 9.99. The standard InChI is InChI=1S/C23H21ClN4O3/c1-30-19-7-6-14(11-20(19)31-2)22-21-17(27-23-25-12-26-28(22)23)9-15(10-18(21)29)13-4-3-5-16(24)8-13/h3-8,11-12,15,22H,9-10H2,1-2H3,(H,25,26,27)/t15-,22+/m0/s1. The van der Waals surface area contributed by atoms with E-state index in [0.717, 1.165) is 16.8 Å². The van der Waals surface area contributed by atoms with E-state index in [-0.39, 0.29) is 17.7 Å². The van der Waals surface area contributed by atoms with Crippen LogP contribution in [0.1, 0.15) is 35.9 Å². The number of ketones is 1. The van der Waals surface area contributed by atoms with Gasteiger partial charge in [0.1, 0.15) is 12.4 Å². The van der Waals surface area contributed by atoms with Gasteiger partial charge in [0.2, 0.25) is 5.95 Å². The van der Waals surface area contributed by atoms with Crippen molar-refractivity contribution in [2.24, 2.45) is 0 Å². The number of benzene rings is 2. The number of rotatable bonds is 4. The Morgan fingerprint density at radius 3 is 2.68 bits per heavy atom. The zero-order valence-corrected chi connectivity index (χ0v) is 17.9. The number of hydrogen-bond acceptors (Lipinski definition) is 6. The van der Waals surface area contributed by atoms with E-state index in [2.05, 4.69) is 15.4 Å². The molecule has 0 bridgehead atoms. The topological polar surface area (TPSA) is 78.3 Å². The molecule has 2 atom stereocenters. The van der Waals surface area contributed by atoms with Gasteiger partial charge in [0.05, 0.1) is 14.2 Å². The molecule has 0 fully saturated rings. The maximum atomic E-state index is 13.4. The van der Waals surface area contributed by atoms with Crippen molar-refractivity contribution in [3.8, 4) is 11.5 Å².